The van der Waals surface area contributed by atoms with Crippen molar-refractivity contribution in [3.05, 3.63) is 109 Å². The average Bonchev–Trinajstić information content (AvgIpc) is 3.36. The summed E-state index contributed by atoms with van der Waals surface area (Å²) in [6, 6.07) is 22.1. The molecule has 1 aromatic heterocycles. The van der Waals surface area contributed by atoms with E-state index >= 15 is 0 Å². The number of phenols is 1. The van der Waals surface area contributed by atoms with Gasteiger partial charge >= 0.3 is 0 Å². The number of nitrogens with zero attached hydrogens (tertiary/aromatic N) is 4. The topological polar surface area (TPSA) is 44.6 Å². The van der Waals surface area contributed by atoms with Crippen LogP contribution in [0.2, 0.25) is 0 Å². The molecule has 0 aliphatic rings. The van der Waals surface area contributed by atoms with Crippen LogP contribution in [0, 0.1) is 6.33 Å². The number of imidazole rings is 1. The van der Waals surface area contributed by atoms with Crippen molar-refractivity contribution in [2.45, 2.75) is 59.3 Å². The number of benzene rings is 3. The Balaban J connectivity index is 1.67. The van der Waals surface area contributed by atoms with Gasteiger partial charge in [-0.1, -0.05) is 71.9 Å². The summed E-state index contributed by atoms with van der Waals surface area (Å²) < 4.78 is 3.69. The lowest BCUT2D eigenvalue weighted by Gasteiger charge is -2.25. The van der Waals surface area contributed by atoms with Gasteiger partial charge in [0.05, 0.1) is 17.7 Å². The maximum atomic E-state index is 10.2. The van der Waals surface area contributed by atoms with Gasteiger partial charge in [-0.3, -0.25) is 9.13 Å². The average molecular weight is 507 g/mol. The number of hydrogen-bond acceptors (Lipinski definition) is 2. The number of aromatic hydroxyl groups is 1. The molecular formula is C33H38N4O. The van der Waals surface area contributed by atoms with Crippen LogP contribution in [0.3, 0.4) is 0 Å². The molecule has 0 unspecified atom stereocenters. The maximum absolute atomic E-state index is 10.2. The van der Waals surface area contributed by atoms with Crippen LogP contribution in [0.1, 0.15) is 59.6 Å². The molecule has 0 aliphatic carbocycles. The van der Waals surface area contributed by atoms with Gasteiger partial charge in [-0.05, 0) is 71.3 Å². The molecule has 1 N–H and O–H groups in total. The third kappa shape index (κ3) is 6.23. The summed E-state index contributed by atoms with van der Waals surface area (Å²) in [7, 11) is 0. The monoisotopic (exact) mass is 506 g/mol. The zero-order valence-corrected chi connectivity index (χ0v) is 23.5. The van der Waals surface area contributed by atoms with Gasteiger partial charge in [-0.2, -0.15) is 0 Å². The predicted octanol–water partition coefficient (Wildman–Crippen LogP) is 7.55. The zero-order valence-electron chi connectivity index (χ0n) is 23.5. The summed E-state index contributed by atoms with van der Waals surface area (Å²) in [5.74, 6) is 0.209. The fourth-order valence-corrected chi connectivity index (χ4v) is 4.10. The van der Waals surface area contributed by atoms with Crippen LogP contribution in [0.15, 0.2) is 96.4 Å². The smallest absolute Gasteiger partial charge is 0.268 e. The minimum atomic E-state index is 0.0313. The number of allylic oxidation sites excluding steroid dienone is 1. The Labute approximate surface area is 227 Å². The first kappa shape index (κ1) is 26.9. The van der Waals surface area contributed by atoms with Crippen LogP contribution >= 0.6 is 0 Å². The van der Waals surface area contributed by atoms with Crippen molar-refractivity contribution in [3.8, 4) is 17.1 Å². The molecule has 0 aliphatic heterocycles. The normalized spacial score (nSPS) is 12.5. The molecule has 0 saturated carbocycles. The minimum Gasteiger partial charge on any atom is -0.511 e. The second kappa shape index (κ2) is 10.7. The number of hydrogen-bond donors (Lipinski definition) is 1. The first-order chi connectivity index (χ1) is 18.0. The summed E-state index contributed by atoms with van der Waals surface area (Å²) >= 11 is 0. The maximum Gasteiger partial charge on any atom is 0.268 e. The number of phenolic OH excluding ortho intramolecular Hbond substituents is 1. The Kier molecular flexibility index (Phi) is 7.58. The van der Waals surface area contributed by atoms with Crippen molar-refractivity contribution < 1.29 is 9.67 Å². The van der Waals surface area contributed by atoms with Crippen LogP contribution in [0.5, 0.6) is 5.75 Å². The van der Waals surface area contributed by atoms with Crippen LogP contribution < -0.4 is 9.47 Å². The molecule has 1 heterocycles. The molecule has 0 amide bonds. The van der Waals surface area contributed by atoms with Gasteiger partial charge in [0.2, 0.25) is 0 Å². The quantitative estimate of drug-likeness (QED) is 0.127. The molecule has 196 valence electrons. The highest BCUT2D eigenvalue weighted by Crippen LogP contribution is 2.33. The lowest BCUT2D eigenvalue weighted by atomic mass is 9.80. The van der Waals surface area contributed by atoms with Gasteiger partial charge in [-0.25, -0.2) is 4.99 Å². The van der Waals surface area contributed by atoms with Gasteiger partial charge in [0, 0.05) is 24.3 Å². The lowest BCUT2D eigenvalue weighted by molar-refractivity contribution is -0.599. The number of para-hydroxylation sites is 2. The van der Waals surface area contributed by atoms with E-state index in [1.165, 1.54) is 11.1 Å². The second-order valence-corrected chi connectivity index (χ2v) is 11.5. The van der Waals surface area contributed by atoms with Gasteiger partial charge in [0.15, 0.2) is 0 Å². The van der Waals surface area contributed by atoms with E-state index in [1.54, 1.807) is 16.7 Å². The molecule has 0 spiro atoms. The standard InChI is InChI=1S/C33H38N4O/c1-8-16-35(23-34-27-20-25(32(2,3)4)19-26(21-27)33(5,6)7)28-12-11-13-29(22-28)36-17-18-37(24-36)30-14-9-10-15-31(30)38/h8-23,38H,1-7H3/b16-8-,34-23?. The van der Waals surface area contributed by atoms with Crippen molar-refractivity contribution in [1.82, 2.24) is 4.57 Å². The van der Waals surface area contributed by atoms with Crippen molar-refractivity contribution in [3.63, 3.8) is 0 Å². The van der Waals surface area contributed by atoms with E-state index in [1.807, 2.05) is 71.7 Å². The van der Waals surface area contributed by atoms with Crippen LogP contribution in [-0.4, -0.2) is 16.0 Å². The highest BCUT2D eigenvalue weighted by atomic mass is 16.3. The van der Waals surface area contributed by atoms with Crippen molar-refractivity contribution in [2.75, 3.05) is 4.90 Å². The highest BCUT2D eigenvalue weighted by molar-refractivity contribution is 5.84. The molecule has 5 nitrogen and oxygen atoms in total. The molecule has 0 bridgehead atoms. The largest absolute Gasteiger partial charge is 0.511 e. The molecule has 4 aromatic rings. The summed E-state index contributed by atoms with van der Waals surface area (Å²) in [5, 5.41) is 10.2. The van der Waals surface area contributed by atoms with E-state index in [9.17, 15) is 5.11 Å². The second-order valence-electron chi connectivity index (χ2n) is 11.5. The molecule has 0 atom stereocenters. The van der Waals surface area contributed by atoms with Crippen LogP contribution in [0.4, 0.5) is 11.4 Å². The summed E-state index contributed by atoms with van der Waals surface area (Å²) in [6.45, 7) is 15.4. The summed E-state index contributed by atoms with van der Waals surface area (Å²) in [5.41, 5.74) is 6.16. The molecule has 38 heavy (non-hydrogen) atoms. The Bertz CT molecular complexity index is 1430. The predicted molar refractivity (Wildman–Crippen MR) is 157 cm³/mol. The van der Waals surface area contributed by atoms with E-state index in [4.69, 9.17) is 4.99 Å². The van der Waals surface area contributed by atoms with Crippen molar-refractivity contribution >= 4 is 17.7 Å². The van der Waals surface area contributed by atoms with Crippen molar-refractivity contribution in [2.24, 2.45) is 4.99 Å². The highest BCUT2D eigenvalue weighted by Gasteiger charge is 2.20. The Hall–Kier alpha value is -4.12. The van der Waals surface area contributed by atoms with E-state index in [0.29, 0.717) is 5.69 Å². The molecule has 5 heteroatoms. The SMILES string of the molecule is C/C=C\N(C=Nc1cc(C(C)(C)C)cc(C(C)(C)C)c1)c1cccc(-n2[c-][n+](-c3ccccc3O)cc2)c1. The molecule has 3 aromatic carbocycles. The van der Waals surface area contributed by atoms with Gasteiger partial charge in [-0.15, -0.1) is 0 Å². The zero-order chi connectivity index (χ0) is 27.5. The summed E-state index contributed by atoms with van der Waals surface area (Å²) in [6.07, 6.45) is 13.0. The Morgan fingerprint density at radius 3 is 2.21 bits per heavy atom. The van der Waals surface area contributed by atoms with Gasteiger partial charge in [0.1, 0.15) is 11.4 Å². The third-order valence-electron chi connectivity index (χ3n) is 6.42. The van der Waals surface area contributed by atoms with E-state index in [-0.39, 0.29) is 16.6 Å². The first-order valence-electron chi connectivity index (χ1n) is 13.0. The van der Waals surface area contributed by atoms with E-state index < -0.39 is 0 Å². The van der Waals surface area contributed by atoms with Crippen LogP contribution in [-0.2, 0) is 10.8 Å². The molecule has 0 saturated heterocycles. The minimum absolute atomic E-state index is 0.0313. The van der Waals surface area contributed by atoms with Gasteiger partial charge < -0.3 is 10.0 Å². The van der Waals surface area contributed by atoms with E-state index in [2.05, 4.69) is 78.2 Å². The number of rotatable bonds is 6. The fraction of sp³-hybridized carbons (Fsp3) is 0.273. The fourth-order valence-electron chi connectivity index (χ4n) is 4.10. The molecular weight excluding hydrogens is 468 g/mol. The lowest BCUT2D eigenvalue weighted by Crippen LogP contribution is -2.28. The molecule has 4 rings (SSSR count). The van der Waals surface area contributed by atoms with Gasteiger partial charge in [0.25, 0.3) is 6.33 Å². The van der Waals surface area contributed by atoms with E-state index in [0.717, 1.165) is 17.1 Å². The van der Waals surface area contributed by atoms with Crippen molar-refractivity contribution in [1.29, 1.82) is 0 Å². The number of anilines is 1. The van der Waals surface area contributed by atoms with Crippen LogP contribution in [0.25, 0.3) is 11.4 Å². The molecule has 0 radical (unpaired) electrons. The number of aromatic nitrogens is 2. The Morgan fingerprint density at radius 2 is 1.58 bits per heavy atom. The summed E-state index contributed by atoms with van der Waals surface area (Å²) in [4.78, 5) is 6.93. The number of aliphatic imine (C=N–C) groups is 1. The molecule has 0 fully saturated rings. The Morgan fingerprint density at radius 1 is 0.895 bits per heavy atom. The third-order valence-corrected chi connectivity index (χ3v) is 6.42. The first-order valence-corrected chi connectivity index (χ1v) is 13.0.